The lowest BCUT2D eigenvalue weighted by molar-refractivity contribution is -0.274. The van der Waals surface area contributed by atoms with Crippen LogP contribution in [-0.2, 0) is 14.8 Å². The van der Waals surface area contributed by atoms with Gasteiger partial charge in [-0.05, 0) is 42.5 Å². The lowest BCUT2D eigenvalue weighted by Gasteiger charge is -2.30. The molecule has 2 aromatic carbocycles. The zero-order chi connectivity index (χ0) is 20.4. The molecule has 1 fully saturated rings. The van der Waals surface area contributed by atoms with Crippen molar-refractivity contribution in [2.45, 2.75) is 11.3 Å². The number of alkyl halides is 3. The molecular weight excluding hydrogens is 421 g/mol. The fourth-order valence-corrected chi connectivity index (χ4v) is 3.93. The van der Waals surface area contributed by atoms with Crippen molar-refractivity contribution in [2.75, 3.05) is 35.9 Å². The average Bonchev–Trinajstić information content (AvgIpc) is 2.61. The van der Waals surface area contributed by atoms with E-state index in [1.807, 2.05) is 4.90 Å². The van der Waals surface area contributed by atoms with Crippen molar-refractivity contribution in [3.63, 3.8) is 0 Å². The maximum Gasteiger partial charge on any atom is 0.573 e. The number of nitrogens with zero attached hydrogens (tertiary/aromatic N) is 1. The monoisotopic (exact) mass is 436 g/mol. The Morgan fingerprint density at radius 2 is 1.71 bits per heavy atom. The van der Waals surface area contributed by atoms with Gasteiger partial charge in [-0.1, -0.05) is 11.6 Å². The highest BCUT2D eigenvalue weighted by atomic mass is 35.5. The summed E-state index contributed by atoms with van der Waals surface area (Å²) in [6.45, 7) is 2.19. The van der Waals surface area contributed by atoms with Gasteiger partial charge in [0.1, 0.15) is 5.75 Å². The van der Waals surface area contributed by atoms with Crippen molar-refractivity contribution in [1.82, 2.24) is 0 Å². The molecule has 11 heteroatoms. The van der Waals surface area contributed by atoms with Crippen LogP contribution in [0.1, 0.15) is 0 Å². The van der Waals surface area contributed by atoms with E-state index in [2.05, 4.69) is 9.46 Å². The van der Waals surface area contributed by atoms with Gasteiger partial charge in [0.15, 0.2) is 0 Å². The predicted octanol–water partition coefficient (Wildman–Crippen LogP) is 3.88. The fraction of sp³-hybridized carbons (Fsp3) is 0.294. The Labute approximate surface area is 164 Å². The molecule has 0 spiro atoms. The van der Waals surface area contributed by atoms with Crippen molar-refractivity contribution in [2.24, 2.45) is 0 Å². The van der Waals surface area contributed by atoms with Crippen LogP contribution >= 0.6 is 11.6 Å². The summed E-state index contributed by atoms with van der Waals surface area (Å²) in [4.78, 5) is 1.74. The van der Waals surface area contributed by atoms with Gasteiger partial charge in [-0.25, -0.2) is 8.42 Å². The minimum Gasteiger partial charge on any atom is -0.406 e. The summed E-state index contributed by atoms with van der Waals surface area (Å²) in [5.41, 5.74) is 0.901. The number of hydrogen-bond acceptors (Lipinski definition) is 5. The summed E-state index contributed by atoms with van der Waals surface area (Å²) >= 11 is 6.01. The number of rotatable bonds is 5. The fourth-order valence-electron chi connectivity index (χ4n) is 2.69. The molecule has 0 amide bonds. The van der Waals surface area contributed by atoms with Crippen LogP contribution in [-0.4, -0.2) is 41.1 Å². The van der Waals surface area contributed by atoms with Crippen molar-refractivity contribution in [3.05, 3.63) is 47.5 Å². The largest absolute Gasteiger partial charge is 0.573 e. The second-order valence-corrected chi connectivity index (χ2v) is 8.00. The highest BCUT2D eigenvalue weighted by Crippen LogP contribution is 2.32. The SMILES string of the molecule is O=S(=O)(Nc1cc(Cl)ccc1N1CCOCC1)c1ccc(OC(F)(F)F)cc1. The Hall–Kier alpha value is -2.17. The third-order valence-electron chi connectivity index (χ3n) is 3.92. The summed E-state index contributed by atoms with van der Waals surface area (Å²) in [6.07, 6.45) is -4.85. The zero-order valence-electron chi connectivity index (χ0n) is 14.4. The van der Waals surface area contributed by atoms with Gasteiger partial charge in [0.2, 0.25) is 0 Å². The van der Waals surface area contributed by atoms with Gasteiger partial charge in [0, 0.05) is 18.1 Å². The Balaban J connectivity index is 1.85. The summed E-state index contributed by atoms with van der Waals surface area (Å²) in [5.74, 6) is -0.511. The number of ether oxygens (including phenoxy) is 2. The first kappa shape index (κ1) is 20.6. The first-order valence-corrected chi connectivity index (χ1v) is 10.0. The van der Waals surface area contributed by atoms with E-state index in [-0.39, 0.29) is 10.6 Å². The van der Waals surface area contributed by atoms with Crippen LogP contribution in [0.2, 0.25) is 5.02 Å². The van der Waals surface area contributed by atoms with Gasteiger partial charge in [-0.2, -0.15) is 0 Å². The zero-order valence-corrected chi connectivity index (χ0v) is 15.9. The Kier molecular flexibility index (Phi) is 5.92. The van der Waals surface area contributed by atoms with E-state index in [9.17, 15) is 21.6 Å². The topological polar surface area (TPSA) is 67.9 Å². The van der Waals surface area contributed by atoms with E-state index >= 15 is 0 Å². The molecule has 152 valence electrons. The molecule has 0 unspecified atom stereocenters. The molecule has 6 nitrogen and oxygen atoms in total. The van der Waals surface area contributed by atoms with Gasteiger partial charge in [0.05, 0.1) is 29.5 Å². The molecule has 0 saturated carbocycles. The number of nitrogens with one attached hydrogen (secondary N) is 1. The lowest BCUT2D eigenvalue weighted by Crippen LogP contribution is -2.36. The Morgan fingerprint density at radius 3 is 2.32 bits per heavy atom. The van der Waals surface area contributed by atoms with E-state index in [0.29, 0.717) is 37.0 Å². The number of anilines is 2. The minimum atomic E-state index is -4.85. The number of benzene rings is 2. The van der Waals surface area contributed by atoms with E-state index in [0.717, 1.165) is 24.3 Å². The van der Waals surface area contributed by atoms with Crippen LogP contribution in [0.3, 0.4) is 0 Å². The van der Waals surface area contributed by atoms with Gasteiger partial charge in [-0.15, -0.1) is 13.2 Å². The van der Waals surface area contributed by atoms with Crippen molar-refractivity contribution < 1.29 is 31.1 Å². The minimum absolute atomic E-state index is 0.213. The quantitative estimate of drug-likeness (QED) is 0.770. The highest BCUT2D eigenvalue weighted by Gasteiger charge is 2.31. The van der Waals surface area contributed by atoms with E-state index in [1.165, 1.54) is 6.07 Å². The average molecular weight is 437 g/mol. The first-order valence-electron chi connectivity index (χ1n) is 8.15. The first-order chi connectivity index (χ1) is 13.1. The Morgan fingerprint density at radius 1 is 1.07 bits per heavy atom. The van der Waals surface area contributed by atoms with Crippen LogP contribution in [0.25, 0.3) is 0 Å². The summed E-state index contributed by atoms with van der Waals surface area (Å²) < 4.78 is 73.6. The molecule has 1 N–H and O–H groups in total. The lowest BCUT2D eigenvalue weighted by atomic mass is 10.2. The molecule has 3 rings (SSSR count). The molecule has 0 bridgehead atoms. The van der Waals surface area contributed by atoms with Gasteiger partial charge >= 0.3 is 6.36 Å². The van der Waals surface area contributed by atoms with Gasteiger partial charge in [-0.3, -0.25) is 4.72 Å². The summed E-state index contributed by atoms with van der Waals surface area (Å²) in [7, 11) is -4.06. The molecule has 28 heavy (non-hydrogen) atoms. The van der Waals surface area contributed by atoms with E-state index in [1.54, 1.807) is 12.1 Å². The number of hydrogen-bond donors (Lipinski definition) is 1. The van der Waals surface area contributed by atoms with Crippen molar-refractivity contribution >= 4 is 33.0 Å². The third-order valence-corrected chi connectivity index (χ3v) is 5.54. The standard InChI is InChI=1S/C17H16ClF3N2O4S/c18-12-1-6-16(23-7-9-26-10-8-23)15(11-12)22-28(24,25)14-4-2-13(3-5-14)27-17(19,20)21/h1-6,11,22H,7-10H2. The number of sulfonamides is 1. The molecule has 1 aliphatic heterocycles. The molecule has 0 aromatic heterocycles. The van der Waals surface area contributed by atoms with Crippen molar-refractivity contribution in [1.29, 1.82) is 0 Å². The van der Waals surface area contributed by atoms with Crippen LogP contribution in [0, 0.1) is 0 Å². The maximum absolute atomic E-state index is 12.7. The van der Waals surface area contributed by atoms with E-state index < -0.39 is 22.1 Å². The molecule has 0 radical (unpaired) electrons. The van der Waals surface area contributed by atoms with E-state index in [4.69, 9.17) is 16.3 Å². The molecule has 2 aromatic rings. The van der Waals surface area contributed by atoms with Crippen molar-refractivity contribution in [3.8, 4) is 5.75 Å². The van der Waals surface area contributed by atoms with Gasteiger partial charge < -0.3 is 14.4 Å². The molecule has 0 atom stereocenters. The summed E-state index contributed by atoms with van der Waals surface area (Å²) in [5, 5.41) is 0.337. The van der Waals surface area contributed by atoms with Crippen LogP contribution in [0.5, 0.6) is 5.75 Å². The third kappa shape index (κ3) is 5.21. The summed E-state index contributed by atoms with van der Waals surface area (Å²) in [6, 6.07) is 8.75. The van der Waals surface area contributed by atoms with Crippen LogP contribution in [0.15, 0.2) is 47.4 Å². The maximum atomic E-state index is 12.7. The molecule has 1 heterocycles. The molecule has 0 aliphatic carbocycles. The molecule has 1 saturated heterocycles. The van der Waals surface area contributed by atoms with Crippen LogP contribution < -0.4 is 14.4 Å². The second kappa shape index (κ2) is 8.06. The molecular formula is C17H16ClF3N2O4S. The van der Waals surface area contributed by atoms with Gasteiger partial charge in [0.25, 0.3) is 10.0 Å². The number of halogens is 4. The Bertz CT molecular complexity index is 930. The second-order valence-electron chi connectivity index (χ2n) is 5.89. The predicted molar refractivity (Wildman–Crippen MR) is 98.4 cm³/mol. The highest BCUT2D eigenvalue weighted by molar-refractivity contribution is 7.92. The molecule has 1 aliphatic rings. The number of morpholine rings is 1. The normalized spacial score (nSPS) is 15.4. The smallest absolute Gasteiger partial charge is 0.406 e. The van der Waals surface area contributed by atoms with Crippen LogP contribution in [0.4, 0.5) is 24.5 Å².